The van der Waals surface area contributed by atoms with Gasteiger partial charge in [-0.3, -0.25) is 0 Å². The Morgan fingerprint density at radius 3 is 3.00 bits per heavy atom. The number of hydrogen-bond donors (Lipinski definition) is 0. The fraction of sp³-hybridized carbons (Fsp3) is 0.200. The summed E-state index contributed by atoms with van der Waals surface area (Å²) in [6.45, 7) is 2.39. The molecule has 0 unspecified atom stereocenters. The summed E-state index contributed by atoms with van der Waals surface area (Å²) >= 11 is 7.35. The zero-order valence-corrected chi connectivity index (χ0v) is 9.08. The van der Waals surface area contributed by atoms with Crippen molar-refractivity contribution in [3.63, 3.8) is 0 Å². The lowest BCUT2D eigenvalue weighted by molar-refractivity contribution is 0.341. The number of benzene rings is 1. The van der Waals surface area contributed by atoms with Crippen molar-refractivity contribution in [2.75, 3.05) is 6.61 Å². The van der Waals surface area contributed by atoms with Gasteiger partial charge in [0.05, 0.1) is 17.0 Å². The maximum absolute atomic E-state index is 13.3. The fourth-order valence-electron chi connectivity index (χ4n) is 1.30. The highest BCUT2D eigenvalue weighted by Gasteiger charge is 2.11. The van der Waals surface area contributed by atoms with Crippen LogP contribution in [0.3, 0.4) is 0 Å². The molecule has 0 N–H and O–H groups in total. The van der Waals surface area contributed by atoms with Gasteiger partial charge in [-0.2, -0.15) is 0 Å². The maximum Gasteiger partial charge on any atom is 0.143 e. The van der Waals surface area contributed by atoms with Gasteiger partial charge in [0, 0.05) is 10.1 Å². The maximum atomic E-state index is 13.3. The van der Waals surface area contributed by atoms with Gasteiger partial charge in [0.15, 0.2) is 0 Å². The van der Waals surface area contributed by atoms with E-state index in [-0.39, 0.29) is 5.82 Å². The van der Waals surface area contributed by atoms with Crippen LogP contribution in [0.5, 0.6) is 5.75 Å². The van der Waals surface area contributed by atoms with E-state index in [2.05, 4.69) is 0 Å². The molecule has 1 nitrogen and oxygen atoms in total. The van der Waals surface area contributed by atoms with Gasteiger partial charge < -0.3 is 4.74 Å². The number of halogens is 2. The molecule has 1 aromatic carbocycles. The van der Waals surface area contributed by atoms with Crippen LogP contribution in [0.25, 0.3) is 10.1 Å². The quantitative estimate of drug-likeness (QED) is 0.755. The normalized spacial score (nSPS) is 10.8. The third-order valence-electron chi connectivity index (χ3n) is 1.90. The first kappa shape index (κ1) is 9.74. The monoisotopic (exact) mass is 230 g/mol. The Hall–Kier alpha value is -0.800. The lowest BCUT2D eigenvalue weighted by atomic mass is 10.2. The number of fused-ring (bicyclic) bond motifs is 1. The van der Waals surface area contributed by atoms with E-state index in [0.29, 0.717) is 22.8 Å². The number of rotatable bonds is 2. The van der Waals surface area contributed by atoms with Crippen LogP contribution >= 0.6 is 22.9 Å². The molecule has 0 fully saturated rings. The Kier molecular flexibility index (Phi) is 2.61. The van der Waals surface area contributed by atoms with E-state index in [1.54, 1.807) is 6.07 Å². The fourth-order valence-corrected chi connectivity index (χ4v) is 2.48. The van der Waals surface area contributed by atoms with Crippen molar-refractivity contribution >= 4 is 33.0 Å². The summed E-state index contributed by atoms with van der Waals surface area (Å²) in [6, 6.07) is 3.59. The Labute approximate surface area is 90.1 Å². The summed E-state index contributed by atoms with van der Waals surface area (Å²) in [4.78, 5) is 0. The van der Waals surface area contributed by atoms with E-state index in [1.165, 1.54) is 16.7 Å². The van der Waals surface area contributed by atoms with Gasteiger partial charge >= 0.3 is 0 Å². The van der Waals surface area contributed by atoms with Gasteiger partial charge in [-0.1, -0.05) is 11.6 Å². The van der Waals surface area contributed by atoms with Gasteiger partial charge in [-0.05, 0) is 19.1 Å². The van der Waals surface area contributed by atoms with Crippen LogP contribution in [0.2, 0.25) is 5.02 Å². The van der Waals surface area contributed by atoms with Crippen molar-refractivity contribution < 1.29 is 9.13 Å². The first-order valence-electron chi connectivity index (χ1n) is 4.22. The second-order valence-corrected chi connectivity index (χ2v) is 4.06. The van der Waals surface area contributed by atoms with Crippen molar-refractivity contribution in [1.29, 1.82) is 0 Å². The van der Waals surface area contributed by atoms with E-state index in [9.17, 15) is 4.39 Å². The highest BCUT2D eigenvalue weighted by molar-refractivity contribution is 7.17. The summed E-state index contributed by atoms with van der Waals surface area (Å²) in [5, 5.41) is 2.28. The summed E-state index contributed by atoms with van der Waals surface area (Å²) in [7, 11) is 0. The van der Waals surface area contributed by atoms with Crippen molar-refractivity contribution in [1.82, 2.24) is 0 Å². The van der Waals surface area contributed by atoms with E-state index in [1.807, 2.05) is 13.0 Å². The van der Waals surface area contributed by atoms with Crippen molar-refractivity contribution in [3.05, 3.63) is 28.4 Å². The van der Waals surface area contributed by atoms with Crippen LogP contribution in [0.1, 0.15) is 6.92 Å². The first-order chi connectivity index (χ1) is 6.74. The van der Waals surface area contributed by atoms with Gasteiger partial charge in [-0.15, -0.1) is 11.3 Å². The average molecular weight is 231 g/mol. The Morgan fingerprint density at radius 1 is 1.50 bits per heavy atom. The van der Waals surface area contributed by atoms with Crippen molar-refractivity contribution in [2.24, 2.45) is 0 Å². The van der Waals surface area contributed by atoms with Crippen LogP contribution in [-0.4, -0.2) is 6.61 Å². The Bertz CT molecular complexity index is 466. The summed E-state index contributed by atoms with van der Waals surface area (Å²) in [5.41, 5.74) is 0. The minimum Gasteiger partial charge on any atom is -0.492 e. The molecule has 1 heterocycles. The third kappa shape index (κ3) is 1.47. The molecule has 2 rings (SSSR count). The smallest absolute Gasteiger partial charge is 0.143 e. The van der Waals surface area contributed by atoms with E-state index < -0.39 is 0 Å². The zero-order chi connectivity index (χ0) is 10.1. The number of thiophene rings is 1. The molecule has 0 aliphatic carbocycles. The topological polar surface area (TPSA) is 9.23 Å². The summed E-state index contributed by atoms with van der Waals surface area (Å²) < 4.78 is 19.4. The molecular weight excluding hydrogens is 223 g/mol. The molecular formula is C10H8ClFOS. The largest absolute Gasteiger partial charge is 0.492 e. The molecule has 0 bridgehead atoms. The van der Waals surface area contributed by atoms with Crippen LogP contribution in [0.4, 0.5) is 4.39 Å². The lowest BCUT2D eigenvalue weighted by Gasteiger charge is -2.05. The molecule has 0 amide bonds. The molecule has 0 saturated carbocycles. The highest BCUT2D eigenvalue weighted by Crippen LogP contribution is 2.37. The Balaban J connectivity index is 2.66. The van der Waals surface area contributed by atoms with Crippen LogP contribution in [-0.2, 0) is 0 Å². The predicted molar refractivity (Wildman–Crippen MR) is 58.0 cm³/mol. The molecule has 14 heavy (non-hydrogen) atoms. The molecule has 1 aromatic heterocycles. The predicted octanol–water partition coefficient (Wildman–Crippen LogP) is 4.09. The Morgan fingerprint density at radius 2 is 2.29 bits per heavy atom. The second-order valence-electron chi connectivity index (χ2n) is 2.77. The van der Waals surface area contributed by atoms with Crippen LogP contribution < -0.4 is 4.74 Å². The van der Waals surface area contributed by atoms with E-state index in [4.69, 9.17) is 16.3 Å². The SMILES string of the molecule is CCOc1ccc2scc(F)c2c1Cl. The van der Waals surface area contributed by atoms with Gasteiger partial charge in [0.2, 0.25) is 0 Å². The van der Waals surface area contributed by atoms with Crippen molar-refractivity contribution in [3.8, 4) is 5.75 Å². The summed E-state index contributed by atoms with van der Waals surface area (Å²) in [5.74, 6) is 0.260. The lowest BCUT2D eigenvalue weighted by Crippen LogP contribution is -1.92. The molecule has 0 aliphatic heterocycles. The molecule has 0 aliphatic rings. The second kappa shape index (κ2) is 3.75. The molecule has 4 heteroatoms. The van der Waals surface area contributed by atoms with Gasteiger partial charge in [0.25, 0.3) is 0 Å². The molecule has 0 saturated heterocycles. The molecule has 0 atom stereocenters. The standard InChI is InChI=1S/C10H8ClFOS/c1-2-13-7-3-4-8-9(10(7)11)6(12)5-14-8/h3-5H,2H2,1H3. The van der Waals surface area contributed by atoms with Crippen LogP contribution in [0.15, 0.2) is 17.5 Å². The molecule has 0 radical (unpaired) electrons. The molecule has 74 valence electrons. The summed E-state index contributed by atoms with van der Waals surface area (Å²) in [6.07, 6.45) is 0. The molecule has 2 aromatic rings. The van der Waals surface area contributed by atoms with Crippen molar-refractivity contribution in [2.45, 2.75) is 6.92 Å². The third-order valence-corrected chi connectivity index (χ3v) is 3.19. The highest BCUT2D eigenvalue weighted by atomic mass is 35.5. The minimum atomic E-state index is -0.281. The number of ether oxygens (including phenoxy) is 1. The average Bonchev–Trinajstić information content (AvgIpc) is 2.54. The zero-order valence-electron chi connectivity index (χ0n) is 7.51. The minimum absolute atomic E-state index is 0.281. The molecule has 0 spiro atoms. The van der Waals surface area contributed by atoms with E-state index >= 15 is 0 Å². The van der Waals surface area contributed by atoms with Gasteiger partial charge in [-0.25, -0.2) is 4.39 Å². The first-order valence-corrected chi connectivity index (χ1v) is 5.47. The van der Waals surface area contributed by atoms with Crippen LogP contribution in [0, 0.1) is 5.82 Å². The number of hydrogen-bond acceptors (Lipinski definition) is 2. The van der Waals surface area contributed by atoms with E-state index in [0.717, 1.165) is 4.70 Å². The van der Waals surface area contributed by atoms with Gasteiger partial charge in [0.1, 0.15) is 11.6 Å².